The van der Waals surface area contributed by atoms with Crippen LogP contribution >= 0.6 is 11.6 Å². The molecule has 0 bridgehead atoms. The lowest BCUT2D eigenvalue weighted by atomic mass is 9.90. The van der Waals surface area contributed by atoms with Gasteiger partial charge in [0.1, 0.15) is 11.5 Å². The van der Waals surface area contributed by atoms with E-state index < -0.39 is 11.9 Å². The van der Waals surface area contributed by atoms with E-state index in [4.69, 9.17) is 16.6 Å². The van der Waals surface area contributed by atoms with E-state index in [0.717, 1.165) is 31.2 Å². The number of aromatic nitrogens is 1. The quantitative estimate of drug-likeness (QED) is 0.680. The van der Waals surface area contributed by atoms with Gasteiger partial charge in [0.15, 0.2) is 6.17 Å². The van der Waals surface area contributed by atoms with Crippen LogP contribution in [-0.4, -0.2) is 53.7 Å². The number of fused-ring (bicyclic) bond motifs is 2. The minimum atomic E-state index is -4.54. The fourth-order valence-electron chi connectivity index (χ4n) is 4.65. The maximum absolute atomic E-state index is 13.4. The van der Waals surface area contributed by atoms with Crippen molar-refractivity contribution < 1.29 is 13.2 Å². The van der Waals surface area contributed by atoms with Crippen LogP contribution < -0.4 is 10.6 Å². The highest BCUT2D eigenvalue weighted by Gasteiger charge is 2.36. The summed E-state index contributed by atoms with van der Waals surface area (Å²) in [6, 6.07) is 5.80. The monoisotopic (exact) mass is 477 g/mol. The van der Waals surface area contributed by atoms with E-state index >= 15 is 0 Å². The first-order valence-corrected chi connectivity index (χ1v) is 11.2. The van der Waals surface area contributed by atoms with Gasteiger partial charge in [-0.15, -0.1) is 0 Å². The molecule has 1 fully saturated rings. The van der Waals surface area contributed by atoms with Crippen molar-refractivity contribution >= 4 is 46.6 Å². The zero-order valence-corrected chi connectivity index (χ0v) is 18.6. The topological polar surface area (TPSA) is 77.3 Å². The molecule has 174 valence electrons. The summed E-state index contributed by atoms with van der Waals surface area (Å²) in [5, 5.41) is 13.6. The van der Waals surface area contributed by atoms with Crippen LogP contribution in [0.5, 0.6) is 0 Å². The molecule has 1 aromatic carbocycles. The maximum Gasteiger partial charge on any atom is 0.433 e. The Hall–Kier alpha value is -2.88. The largest absolute Gasteiger partial charge is 0.433 e. The van der Waals surface area contributed by atoms with Gasteiger partial charge in [-0.3, -0.25) is 10.0 Å². The molecule has 2 aromatic rings. The van der Waals surface area contributed by atoms with Gasteiger partial charge in [0.05, 0.1) is 23.8 Å². The average Bonchev–Trinajstić information content (AvgIpc) is 3.15. The number of hydrogen-bond acceptors (Lipinski definition) is 6. The second-order valence-corrected chi connectivity index (χ2v) is 9.03. The molecule has 3 heterocycles. The Bertz CT molecular complexity index is 1150. The van der Waals surface area contributed by atoms with Crippen molar-refractivity contribution in [1.82, 2.24) is 15.3 Å². The van der Waals surface area contributed by atoms with E-state index in [9.17, 15) is 13.2 Å². The number of nitrogens with zero attached hydrogens (tertiary/aromatic N) is 5. The normalized spacial score (nSPS) is 28.3. The molecule has 5 rings (SSSR count). The van der Waals surface area contributed by atoms with Crippen molar-refractivity contribution in [1.29, 1.82) is 0 Å². The first-order chi connectivity index (χ1) is 15.8. The fraction of sp³-hybridized carbons (Fsp3) is 0.455. The molecule has 3 aliphatic rings. The molecule has 1 saturated carbocycles. The van der Waals surface area contributed by atoms with Crippen LogP contribution in [0.25, 0.3) is 10.9 Å². The summed E-state index contributed by atoms with van der Waals surface area (Å²) < 4.78 is 40.3. The van der Waals surface area contributed by atoms with E-state index in [1.807, 2.05) is 13.3 Å². The van der Waals surface area contributed by atoms with Gasteiger partial charge in [-0.2, -0.15) is 18.3 Å². The van der Waals surface area contributed by atoms with E-state index in [2.05, 4.69) is 25.7 Å². The summed E-state index contributed by atoms with van der Waals surface area (Å²) in [7, 11) is 1.88. The Labute approximate surface area is 193 Å². The summed E-state index contributed by atoms with van der Waals surface area (Å²) in [5.74, 6) is 0.809. The van der Waals surface area contributed by atoms with E-state index in [-0.39, 0.29) is 29.7 Å². The molecule has 0 radical (unpaired) electrons. The second kappa shape index (κ2) is 8.48. The molecule has 1 aromatic heterocycles. The zero-order valence-electron chi connectivity index (χ0n) is 17.8. The van der Waals surface area contributed by atoms with E-state index in [1.54, 1.807) is 23.5 Å². The van der Waals surface area contributed by atoms with Gasteiger partial charge in [-0.25, -0.2) is 9.98 Å². The lowest BCUT2D eigenvalue weighted by molar-refractivity contribution is -0.140. The third kappa shape index (κ3) is 4.48. The number of benzene rings is 1. The molecular formula is C22H23ClF3N7. The SMILES string of the molecule is CN1N=CC2C(=N[C@@H]3CCC[C@H](Nc4cc(C(F)(F)F)nc5ccc(Cl)cc45)C3)NC=NC21. The molecule has 0 spiro atoms. The lowest BCUT2D eigenvalue weighted by Crippen LogP contribution is -2.45. The Morgan fingerprint density at radius 3 is 2.91 bits per heavy atom. The molecule has 0 amide bonds. The Kier molecular flexibility index (Phi) is 5.64. The highest BCUT2D eigenvalue weighted by atomic mass is 35.5. The maximum atomic E-state index is 13.4. The Morgan fingerprint density at radius 1 is 1.24 bits per heavy atom. The minimum absolute atomic E-state index is 0.0195. The van der Waals surface area contributed by atoms with Crippen LogP contribution in [0.3, 0.4) is 0 Å². The highest BCUT2D eigenvalue weighted by Crippen LogP contribution is 2.35. The fourth-order valence-corrected chi connectivity index (χ4v) is 4.82. The number of nitrogens with one attached hydrogen (secondary N) is 2. The molecule has 11 heteroatoms. The summed E-state index contributed by atoms with van der Waals surface area (Å²) >= 11 is 6.12. The number of pyridine rings is 1. The molecule has 2 unspecified atom stereocenters. The molecule has 2 aliphatic heterocycles. The molecule has 2 N–H and O–H groups in total. The van der Waals surface area contributed by atoms with Gasteiger partial charge in [-0.05, 0) is 49.9 Å². The zero-order chi connectivity index (χ0) is 23.2. The van der Waals surface area contributed by atoms with Crippen LogP contribution in [-0.2, 0) is 6.18 Å². The van der Waals surface area contributed by atoms with Crippen molar-refractivity contribution in [2.45, 2.75) is 50.1 Å². The van der Waals surface area contributed by atoms with Crippen molar-refractivity contribution in [2.75, 3.05) is 12.4 Å². The standard InChI is InChI=1S/C22H23ClF3N7/c1-33-21-16(10-29-33)20(27-11-28-21)31-14-4-2-3-13(8-14)30-18-9-19(22(24,25)26)32-17-6-5-12(23)7-15(17)18/h5-7,9-11,13-14,16,21H,2-4,8H2,1H3,(H,30,32)(H,27,28,31)/t13-,14+,16?,21?/m0/s1. The van der Waals surface area contributed by atoms with Crippen molar-refractivity contribution in [2.24, 2.45) is 21.0 Å². The molecular weight excluding hydrogens is 455 g/mol. The minimum Gasteiger partial charge on any atom is -0.382 e. The van der Waals surface area contributed by atoms with Gasteiger partial charge in [0, 0.05) is 35.4 Å². The second-order valence-electron chi connectivity index (χ2n) is 8.59. The third-order valence-corrected chi connectivity index (χ3v) is 6.49. The molecule has 33 heavy (non-hydrogen) atoms. The van der Waals surface area contributed by atoms with Crippen molar-refractivity contribution in [3.05, 3.63) is 35.0 Å². The van der Waals surface area contributed by atoms with Gasteiger partial charge >= 0.3 is 6.18 Å². The Balaban J connectivity index is 1.38. The smallest absolute Gasteiger partial charge is 0.382 e. The molecule has 7 nitrogen and oxygen atoms in total. The molecule has 1 aliphatic carbocycles. The van der Waals surface area contributed by atoms with Crippen LogP contribution in [0.4, 0.5) is 18.9 Å². The van der Waals surface area contributed by atoms with Gasteiger partial charge < -0.3 is 10.6 Å². The van der Waals surface area contributed by atoms with E-state index in [0.29, 0.717) is 22.5 Å². The van der Waals surface area contributed by atoms with Gasteiger partial charge in [-0.1, -0.05) is 11.6 Å². The van der Waals surface area contributed by atoms with Crippen molar-refractivity contribution in [3.8, 4) is 0 Å². The molecule has 4 atom stereocenters. The summed E-state index contributed by atoms with van der Waals surface area (Å²) in [6.07, 6.45) is 2.26. The first kappa shape index (κ1) is 21.9. The average molecular weight is 478 g/mol. The number of anilines is 1. The van der Waals surface area contributed by atoms with Crippen LogP contribution in [0, 0.1) is 5.92 Å². The molecule has 0 saturated heterocycles. The summed E-state index contributed by atoms with van der Waals surface area (Å²) in [4.78, 5) is 13.1. The summed E-state index contributed by atoms with van der Waals surface area (Å²) in [5.41, 5.74) is -0.278. The first-order valence-electron chi connectivity index (χ1n) is 10.8. The predicted molar refractivity (Wildman–Crippen MR) is 124 cm³/mol. The number of amidine groups is 1. The van der Waals surface area contributed by atoms with Crippen LogP contribution in [0.2, 0.25) is 5.02 Å². The highest BCUT2D eigenvalue weighted by molar-refractivity contribution is 6.31. The van der Waals surface area contributed by atoms with Crippen LogP contribution in [0.15, 0.2) is 39.4 Å². The third-order valence-electron chi connectivity index (χ3n) is 6.26. The summed E-state index contributed by atoms with van der Waals surface area (Å²) in [6.45, 7) is 0. The van der Waals surface area contributed by atoms with Gasteiger partial charge in [0.2, 0.25) is 0 Å². The lowest BCUT2D eigenvalue weighted by Gasteiger charge is -2.31. The van der Waals surface area contributed by atoms with Crippen molar-refractivity contribution in [3.63, 3.8) is 0 Å². The number of halogens is 4. The Morgan fingerprint density at radius 2 is 2.09 bits per heavy atom. The number of hydrogen-bond donors (Lipinski definition) is 2. The number of rotatable bonds is 3. The predicted octanol–water partition coefficient (Wildman–Crippen LogP) is 4.53. The van der Waals surface area contributed by atoms with E-state index in [1.165, 1.54) is 6.07 Å². The van der Waals surface area contributed by atoms with Crippen LogP contribution in [0.1, 0.15) is 31.4 Å². The van der Waals surface area contributed by atoms with Gasteiger partial charge in [0.25, 0.3) is 0 Å². The number of alkyl halides is 3. The number of hydrazone groups is 1. The number of aliphatic imine (C=N–C) groups is 2.